The van der Waals surface area contributed by atoms with Gasteiger partial charge in [-0.25, -0.2) is 9.78 Å². The van der Waals surface area contributed by atoms with Crippen LogP contribution < -0.4 is 16.4 Å². The summed E-state index contributed by atoms with van der Waals surface area (Å²) >= 11 is 0. The Hall–Kier alpha value is -1.98. The molecule has 0 aliphatic rings. The summed E-state index contributed by atoms with van der Waals surface area (Å²) in [6, 6.07) is 3.60. The topological polar surface area (TPSA) is 89.3 Å². The molecule has 0 fully saturated rings. The van der Waals surface area contributed by atoms with Gasteiger partial charge in [0.15, 0.2) is 0 Å². The molecule has 0 spiro atoms. The second-order valence-electron chi connectivity index (χ2n) is 5.50. The van der Waals surface area contributed by atoms with Gasteiger partial charge in [0.05, 0.1) is 5.69 Å². The number of nitrogens with one attached hydrogen (secondary N) is 2. The van der Waals surface area contributed by atoms with Gasteiger partial charge in [0.25, 0.3) is 0 Å². The number of nitrogens with two attached hydrogens (primary N) is 1. The molecule has 0 aliphatic heterocycles. The number of ether oxygens (including phenoxy) is 1. The van der Waals surface area contributed by atoms with Gasteiger partial charge in [-0.05, 0) is 45.7 Å². The van der Waals surface area contributed by atoms with Crippen LogP contribution in [-0.4, -0.2) is 29.8 Å². The Morgan fingerprint density at radius 1 is 1.35 bits per heavy atom. The maximum Gasteiger partial charge on any atom is 0.407 e. The molecular formula is C14H24N4O2. The number of nitrogens with zero attached hydrogens (tertiary/aromatic N) is 1. The summed E-state index contributed by atoms with van der Waals surface area (Å²) < 4.78 is 5.14. The maximum atomic E-state index is 11.4. The number of rotatable bonds is 6. The molecule has 1 aromatic heterocycles. The molecule has 0 atom stereocenters. The van der Waals surface area contributed by atoms with E-state index in [2.05, 4.69) is 15.6 Å². The Morgan fingerprint density at radius 2 is 2.05 bits per heavy atom. The lowest BCUT2D eigenvalue weighted by molar-refractivity contribution is 0.0527. The van der Waals surface area contributed by atoms with Crippen molar-refractivity contribution >= 4 is 17.6 Å². The summed E-state index contributed by atoms with van der Waals surface area (Å²) in [5.74, 6) is 0.701. The van der Waals surface area contributed by atoms with Crippen LogP contribution in [0.4, 0.5) is 16.3 Å². The van der Waals surface area contributed by atoms with Crippen LogP contribution in [0.2, 0.25) is 0 Å². The molecular weight excluding hydrogens is 256 g/mol. The van der Waals surface area contributed by atoms with Crippen molar-refractivity contribution in [2.75, 3.05) is 24.1 Å². The first kappa shape index (κ1) is 16.1. The summed E-state index contributed by atoms with van der Waals surface area (Å²) in [6.07, 6.45) is 3.09. The predicted molar refractivity (Wildman–Crippen MR) is 80.6 cm³/mol. The van der Waals surface area contributed by atoms with Crippen molar-refractivity contribution in [2.24, 2.45) is 0 Å². The van der Waals surface area contributed by atoms with Crippen LogP contribution in [0.1, 0.15) is 33.6 Å². The van der Waals surface area contributed by atoms with E-state index in [0.29, 0.717) is 18.1 Å². The molecule has 112 valence electrons. The van der Waals surface area contributed by atoms with E-state index >= 15 is 0 Å². The molecule has 6 heteroatoms. The lowest BCUT2D eigenvalue weighted by Crippen LogP contribution is -2.33. The first-order valence-corrected chi connectivity index (χ1v) is 6.80. The molecule has 1 amide bonds. The van der Waals surface area contributed by atoms with Gasteiger partial charge in [0, 0.05) is 19.3 Å². The molecule has 0 aliphatic carbocycles. The molecule has 0 bridgehead atoms. The number of carbonyl (C=O) groups is 1. The SMILES string of the molecule is CC(C)(C)OC(=O)NCCCCNc1ncccc1N. The Bertz CT molecular complexity index is 429. The highest BCUT2D eigenvalue weighted by Crippen LogP contribution is 2.12. The zero-order valence-electron chi connectivity index (χ0n) is 12.4. The van der Waals surface area contributed by atoms with Crippen molar-refractivity contribution in [1.29, 1.82) is 0 Å². The zero-order chi connectivity index (χ0) is 15.0. The van der Waals surface area contributed by atoms with Crippen LogP contribution >= 0.6 is 0 Å². The number of aromatic nitrogens is 1. The van der Waals surface area contributed by atoms with Crippen molar-refractivity contribution < 1.29 is 9.53 Å². The average molecular weight is 280 g/mol. The van der Waals surface area contributed by atoms with E-state index in [1.165, 1.54) is 0 Å². The number of carbonyl (C=O) groups excluding carboxylic acids is 1. The number of amides is 1. The third-order valence-electron chi connectivity index (χ3n) is 2.40. The molecule has 4 N–H and O–H groups in total. The number of hydrogen-bond acceptors (Lipinski definition) is 5. The van der Waals surface area contributed by atoms with E-state index in [-0.39, 0.29) is 6.09 Å². The molecule has 0 saturated heterocycles. The first-order chi connectivity index (χ1) is 9.38. The molecule has 0 saturated carbocycles. The lowest BCUT2D eigenvalue weighted by atomic mass is 10.2. The molecule has 6 nitrogen and oxygen atoms in total. The fraction of sp³-hybridized carbons (Fsp3) is 0.571. The Kier molecular flexibility index (Phi) is 6.09. The summed E-state index contributed by atoms with van der Waals surface area (Å²) in [4.78, 5) is 15.5. The lowest BCUT2D eigenvalue weighted by Gasteiger charge is -2.19. The van der Waals surface area contributed by atoms with Gasteiger partial charge < -0.3 is 21.1 Å². The number of alkyl carbamates (subject to hydrolysis) is 1. The minimum absolute atomic E-state index is 0.376. The van der Waals surface area contributed by atoms with E-state index in [9.17, 15) is 4.79 Å². The first-order valence-electron chi connectivity index (χ1n) is 6.80. The molecule has 1 rings (SSSR count). The maximum absolute atomic E-state index is 11.4. The molecule has 0 radical (unpaired) electrons. The van der Waals surface area contributed by atoms with Gasteiger partial charge in [-0.15, -0.1) is 0 Å². The summed E-state index contributed by atoms with van der Waals surface area (Å²) in [5.41, 5.74) is 5.94. The molecule has 1 heterocycles. The van der Waals surface area contributed by atoms with Gasteiger partial charge in [-0.2, -0.15) is 0 Å². The Labute approximate surface area is 120 Å². The van der Waals surface area contributed by atoms with Crippen LogP contribution in [0.3, 0.4) is 0 Å². The number of hydrogen-bond donors (Lipinski definition) is 3. The highest BCUT2D eigenvalue weighted by molar-refractivity contribution is 5.67. The van der Waals surface area contributed by atoms with Gasteiger partial charge in [-0.1, -0.05) is 0 Å². The number of unbranched alkanes of at least 4 members (excludes halogenated alkanes) is 1. The standard InChI is InChI=1S/C14H24N4O2/c1-14(2,3)20-13(19)18-9-5-4-8-16-12-11(15)7-6-10-17-12/h6-7,10H,4-5,8-9,15H2,1-3H3,(H,16,17)(H,18,19). The van der Waals surface area contributed by atoms with E-state index in [1.54, 1.807) is 18.3 Å². The van der Waals surface area contributed by atoms with Crippen molar-refractivity contribution in [3.05, 3.63) is 18.3 Å². The normalized spacial score (nSPS) is 10.9. The number of pyridine rings is 1. The summed E-state index contributed by atoms with van der Waals surface area (Å²) in [7, 11) is 0. The third-order valence-corrected chi connectivity index (χ3v) is 2.40. The molecule has 1 aromatic rings. The predicted octanol–water partition coefficient (Wildman–Crippen LogP) is 2.38. The zero-order valence-corrected chi connectivity index (χ0v) is 12.4. The highest BCUT2D eigenvalue weighted by Gasteiger charge is 2.15. The van der Waals surface area contributed by atoms with Crippen molar-refractivity contribution in [2.45, 2.75) is 39.2 Å². The van der Waals surface area contributed by atoms with Gasteiger partial charge in [0.1, 0.15) is 11.4 Å². The van der Waals surface area contributed by atoms with Crippen LogP contribution in [0.5, 0.6) is 0 Å². The smallest absolute Gasteiger partial charge is 0.407 e. The quantitative estimate of drug-likeness (QED) is 0.696. The van der Waals surface area contributed by atoms with E-state index in [1.807, 2.05) is 20.8 Å². The van der Waals surface area contributed by atoms with E-state index < -0.39 is 5.60 Å². The van der Waals surface area contributed by atoms with E-state index in [0.717, 1.165) is 19.4 Å². The largest absolute Gasteiger partial charge is 0.444 e. The monoisotopic (exact) mass is 280 g/mol. The van der Waals surface area contributed by atoms with Crippen LogP contribution in [0.25, 0.3) is 0 Å². The minimum atomic E-state index is -0.456. The van der Waals surface area contributed by atoms with Gasteiger partial charge in [0.2, 0.25) is 0 Å². The van der Waals surface area contributed by atoms with Gasteiger partial charge in [-0.3, -0.25) is 0 Å². The Morgan fingerprint density at radius 3 is 2.70 bits per heavy atom. The van der Waals surface area contributed by atoms with Crippen LogP contribution in [0.15, 0.2) is 18.3 Å². The highest BCUT2D eigenvalue weighted by atomic mass is 16.6. The molecule has 0 unspecified atom stereocenters. The van der Waals surface area contributed by atoms with Crippen molar-refractivity contribution in [3.8, 4) is 0 Å². The fourth-order valence-electron chi connectivity index (χ4n) is 1.53. The summed E-state index contributed by atoms with van der Waals surface area (Å²) in [6.45, 7) is 6.88. The summed E-state index contributed by atoms with van der Waals surface area (Å²) in [5, 5.41) is 5.88. The third kappa shape index (κ3) is 6.82. The van der Waals surface area contributed by atoms with Crippen LogP contribution in [0, 0.1) is 0 Å². The fourth-order valence-corrected chi connectivity index (χ4v) is 1.53. The van der Waals surface area contributed by atoms with Gasteiger partial charge >= 0.3 is 6.09 Å². The molecule has 20 heavy (non-hydrogen) atoms. The van der Waals surface area contributed by atoms with Crippen LogP contribution in [-0.2, 0) is 4.74 Å². The molecule has 0 aromatic carbocycles. The number of nitrogen functional groups attached to an aromatic ring is 1. The number of anilines is 2. The van der Waals surface area contributed by atoms with Crippen molar-refractivity contribution in [3.63, 3.8) is 0 Å². The Balaban J connectivity index is 2.08. The van der Waals surface area contributed by atoms with Crippen molar-refractivity contribution in [1.82, 2.24) is 10.3 Å². The second kappa shape index (κ2) is 7.57. The minimum Gasteiger partial charge on any atom is -0.444 e. The second-order valence-corrected chi connectivity index (χ2v) is 5.50. The average Bonchev–Trinajstić information content (AvgIpc) is 2.33. The van der Waals surface area contributed by atoms with E-state index in [4.69, 9.17) is 10.5 Å².